The van der Waals surface area contributed by atoms with E-state index >= 15 is 0 Å². The zero-order chi connectivity index (χ0) is 14.5. The van der Waals surface area contributed by atoms with Crippen molar-refractivity contribution in [3.8, 4) is 0 Å². The first-order chi connectivity index (χ1) is 9.58. The zero-order valence-electron chi connectivity index (χ0n) is 11.5. The minimum atomic E-state index is -0.867. The molecule has 1 fully saturated rings. The topological polar surface area (TPSA) is 98.3 Å². The van der Waals surface area contributed by atoms with Gasteiger partial charge in [0.2, 0.25) is 0 Å². The number of amides is 2. The van der Waals surface area contributed by atoms with E-state index in [1.54, 1.807) is 17.3 Å². The monoisotopic (exact) mass is 280 g/mol. The Morgan fingerprint density at radius 1 is 1.60 bits per heavy atom. The van der Waals surface area contributed by atoms with E-state index in [0.717, 1.165) is 19.3 Å². The van der Waals surface area contributed by atoms with Crippen molar-refractivity contribution in [3.05, 3.63) is 18.2 Å². The lowest BCUT2D eigenvalue weighted by molar-refractivity contribution is -0.138. The zero-order valence-corrected chi connectivity index (χ0v) is 11.5. The number of H-pyrrole nitrogens is 1. The predicted molar refractivity (Wildman–Crippen MR) is 72.1 cm³/mol. The van der Waals surface area contributed by atoms with E-state index in [1.807, 2.05) is 6.92 Å². The molecule has 2 atom stereocenters. The van der Waals surface area contributed by atoms with Crippen molar-refractivity contribution in [1.29, 1.82) is 0 Å². The Morgan fingerprint density at radius 3 is 3.05 bits per heavy atom. The van der Waals surface area contributed by atoms with Crippen LogP contribution in [0.3, 0.4) is 0 Å². The Morgan fingerprint density at radius 2 is 2.40 bits per heavy atom. The van der Waals surface area contributed by atoms with Gasteiger partial charge in [-0.05, 0) is 26.2 Å². The molecule has 0 spiro atoms. The van der Waals surface area contributed by atoms with Crippen LogP contribution in [-0.2, 0) is 4.79 Å². The summed E-state index contributed by atoms with van der Waals surface area (Å²) < 4.78 is 0. The number of urea groups is 1. The number of hydrogen-bond acceptors (Lipinski definition) is 3. The van der Waals surface area contributed by atoms with E-state index in [-0.39, 0.29) is 24.5 Å². The molecule has 2 heterocycles. The van der Waals surface area contributed by atoms with Gasteiger partial charge in [0.25, 0.3) is 0 Å². The van der Waals surface area contributed by atoms with Crippen molar-refractivity contribution in [2.24, 2.45) is 0 Å². The maximum Gasteiger partial charge on any atom is 0.318 e. The Bertz CT molecular complexity index is 460. The van der Waals surface area contributed by atoms with Crippen LogP contribution in [0.1, 0.15) is 44.5 Å². The van der Waals surface area contributed by atoms with Crippen LogP contribution in [0.4, 0.5) is 4.79 Å². The number of nitrogens with zero attached hydrogens (tertiary/aromatic N) is 2. The molecule has 0 aliphatic carbocycles. The smallest absolute Gasteiger partial charge is 0.318 e. The molecule has 0 radical (unpaired) electrons. The van der Waals surface area contributed by atoms with Gasteiger partial charge in [0.15, 0.2) is 0 Å². The highest BCUT2D eigenvalue weighted by Crippen LogP contribution is 2.20. The van der Waals surface area contributed by atoms with Crippen LogP contribution in [0.15, 0.2) is 12.4 Å². The van der Waals surface area contributed by atoms with Crippen molar-refractivity contribution in [3.63, 3.8) is 0 Å². The van der Waals surface area contributed by atoms with Crippen LogP contribution >= 0.6 is 0 Å². The highest BCUT2D eigenvalue weighted by molar-refractivity contribution is 5.76. The van der Waals surface area contributed by atoms with E-state index < -0.39 is 5.97 Å². The summed E-state index contributed by atoms with van der Waals surface area (Å²) in [6, 6.07) is -0.671. The summed E-state index contributed by atoms with van der Waals surface area (Å²) in [5.74, 6) is -0.182. The van der Waals surface area contributed by atoms with Gasteiger partial charge in [-0.2, -0.15) is 0 Å². The fourth-order valence-electron chi connectivity index (χ4n) is 2.53. The van der Waals surface area contributed by atoms with Crippen LogP contribution in [-0.4, -0.2) is 44.6 Å². The number of nitrogens with one attached hydrogen (secondary N) is 2. The van der Waals surface area contributed by atoms with E-state index in [1.165, 1.54) is 0 Å². The van der Waals surface area contributed by atoms with Crippen molar-refractivity contribution < 1.29 is 14.7 Å². The lowest BCUT2D eigenvalue weighted by Crippen LogP contribution is -2.49. The van der Waals surface area contributed by atoms with Gasteiger partial charge in [-0.25, -0.2) is 9.78 Å². The van der Waals surface area contributed by atoms with Gasteiger partial charge in [-0.3, -0.25) is 4.79 Å². The molecule has 1 saturated heterocycles. The molecule has 7 nitrogen and oxygen atoms in total. The fraction of sp³-hybridized carbons (Fsp3) is 0.615. The van der Waals surface area contributed by atoms with Crippen LogP contribution in [0.2, 0.25) is 0 Å². The van der Waals surface area contributed by atoms with Gasteiger partial charge in [-0.1, -0.05) is 0 Å². The van der Waals surface area contributed by atoms with Crippen molar-refractivity contribution in [2.45, 2.75) is 44.7 Å². The fourth-order valence-corrected chi connectivity index (χ4v) is 2.53. The first kappa shape index (κ1) is 14.4. The third-order valence-corrected chi connectivity index (χ3v) is 3.57. The average molecular weight is 280 g/mol. The number of carboxylic acid groups (broad SMARTS) is 1. The SMILES string of the molecule is CC(NC(=O)N1CCCCC1CC(=O)O)c1ncc[nH]1. The van der Waals surface area contributed by atoms with E-state index in [9.17, 15) is 9.59 Å². The van der Waals surface area contributed by atoms with Gasteiger partial charge < -0.3 is 20.3 Å². The molecule has 1 aliphatic rings. The summed E-state index contributed by atoms with van der Waals surface area (Å²) in [5.41, 5.74) is 0. The number of aromatic nitrogens is 2. The van der Waals surface area contributed by atoms with Crippen LogP contribution in [0, 0.1) is 0 Å². The lowest BCUT2D eigenvalue weighted by Gasteiger charge is -2.35. The third kappa shape index (κ3) is 3.49. The van der Waals surface area contributed by atoms with Gasteiger partial charge in [-0.15, -0.1) is 0 Å². The van der Waals surface area contributed by atoms with Gasteiger partial charge in [0, 0.05) is 25.0 Å². The Hall–Kier alpha value is -2.05. The number of piperidine rings is 1. The average Bonchev–Trinajstić information content (AvgIpc) is 2.92. The molecule has 20 heavy (non-hydrogen) atoms. The second-order valence-corrected chi connectivity index (χ2v) is 5.09. The summed E-state index contributed by atoms with van der Waals surface area (Å²) in [7, 11) is 0. The molecule has 1 aliphatic heterocycles. The molecule has 2 rings (SSSR count). The molecule has 0 saturated carbocycles. The minimum Gasteiger partial charge on any atom is -0.481 e. The summed E-state index contributed by atoms with van der Waals surface area (Å²) >= 11 is 0. The highest BCUT2D eigenvalue weighted by atomic mass is 16.4. The first-order valence-corrected chi connectivity index (χ1v) is 6.86. The molecular formula is C13H20N4O3. The number of carbonyl (C=O) groups is 2. The second kappa shape index (κ2) is 6.40. The third-order valence-electron chi connectivity index (χ3n) is 3.57. The Kier molecular flexibility index (Phi) is 4.60. The van der Waals surface area contributed by atoms with Gasteiger partial charge >= 0.3 is 12.0 Å². The van der Waals surface area contributed by atoms with Gasteiger partial charge in [0.1, 0.15) is 5.82 Å². The number of hydrogen-bond donors (Lipinski definition) is 3. The first-order valence-electron chi connectivity index (χ1n) is 6.86. The number of carboxylic acids is 1. The van der Waals surface area contributed by atoms with Gasteiger partial charge in [0.05, 0.1) is 12.5 Å². The number of aliphatic carboxylic acids is 1. The quantitative estimate of drug-likeness (QED) is 0.778. The Labute approximate surface area is 117 Å². The molecule has 2 unspecified atom stereocenters. The second-order valence-electron chi connectivity index (χ2n) is 5.09. The number of carbonyl (C=O) groups excluding carboxylic acids is 1. The van der Waals surface area contributed by atoms with Crippen molar-refractivity contribution in [1.82, 2.24) is 20.2 Å². The van der Waals surface area contributed by atoms with Crippen LogP contribution in [0.5, 0.6) is 0 Å². The maximum absolute atomic E-state index is 12.3. The van der Waals surface area contributed by atoms with Crippen LogP contribution in [0.25, 0.3) is 0 Å². The normalized spacial score (nSPS) is 20.4. The predicted octanol–water partition coefficient (Wildman–Crippen LogP) is 1.51. The molecular weight excluding hydrogens is 260 g/mol. The molecule has 1 aromatic rings. The molecule has 0 aromatic carbocycles. The van der Waals surface area contributed by atoms with E-state index in [0.29, 0.717) is 12.4 Å². The number of imidazole rings is 1. The molecule has 110 valence electrons. The number of likely N-dealkylation sites (tertiary alicyclic amines) is 1. The summed E-state index contributed by atoms with van der Waals surface area (Å²) in [5, 5.41) is 11.8. The number of rotatable bonds is 4. The summed E-state index contributed by atoms with van der Waals surface area (Å²) in [4.78, 5) is 31.8. The van der Waals surface area contributed by atoms with E-state index in [4.69, 9.17) is 5.11 Å². The maximum atomic E-state index is 12.3. The van der Waals surface area contributed by atoms with Crippen molar-refractivity contribution in [2.75, 3.05) is 6.54 Å². The lowest BCUT2D eigenvalue weighted by atomic mass is 10.00. The van der Waals surface area contributed by atoms with Crippen molar-refractivity contribution >= 4 is 12.0 Å². The highest BCUT2D eigenvalue weighted by Gasteiger charge is 2.29. The van der Waals surface area contributed by atoms with Crippen LogP contribution < -0.4 is 5.32 Å². The largest absolute Gasteiger partial charge is 0.481 e. The molecule has 2 amide bonds. The molecule has 7 heteroatoms. The Balaban J connectivity index is 1.97. The molecule has 1 aromatic heterocycles. The van der Waals surface area contributed by atoms with E-state index in [2.05, 4.69) is 15.3 Å². The standard InChI is InChI=1S/C13H20N4O3/c1-9(12-14-5-6-15-12)16-13(20)17-7-3-2-4-10(17)8-11(18)19/h5-6,9-10H,2-4,7-8H2,1H3,(H,14,15)(H,16,20)(H,18,19). The summed E-state index contributed by atoms with van der Waals surface area (Å²) in [6.07, 6.45) is 5.96. The molecule has 0 bridgehead atoms. The minimum absolute atomic E-state index is 0.00253. The molecule has 3 N–H and O–H groups in total. The summed E-state index contributed by atoms with van der Waals surface area (Å²) in [6.45, 7) is 2.45. The number of aromatic amines is 1.